The average molecular weight is 1280 g/mol. The Hall–Kier alpha value is -9.60. The van der Waals surface area contributed by atoms with Crippen molar-refractivity contribution in [1.29, 1.82) is 0 Å². The molecule has 6 aromatic rings. The minimum Gasteiger partial charge on any atom is -0.508 e. The molecular formula is C62H64N6O18S3. The van der Waals surface area contributed by atoms with Crippen molar-refractivity contribution in [1.82, 2.24) is 14.7 Å². The van der Waals surface area contributed by atoms with Crippen molar-refractivity contribution in [3.8, 4) is 17.2 Å². The van der Waals surface area contributed by atoms with Crippen LogP contribution < -0.4 is 25.4 Å². The third kappa shape index (κ3) is 15.0. The maximum atomic E-state index is 13.3. The number of anilines is 3. The van der Waals surface area contributed by atoms with Crippen LogP contribution in [0.25, 0.3) is 0 Å². The van der Waals surface area contributed by atoms with Crippen molar-refractivity contribution in [2.45, 2.75) is 59.7 Å². The van der Waals surface area contributed by atoms with Crippen molar-refractivity contribution in [2.24, 2.45) is 0 Å². The van der Waals surface area contributed by atoms with Gasteiger partial charge in [0.15, 0.2) is 0 Å². The summed E-state index contributed by atoms with van der Waals surface area (Å²) in [4.78, 5) is 116. The molecule has 0 saturated carbocycles. The van der Waals surface area contributed by atoms with Gasteiger partial charge in [-0.15, -0.1) is 0 Å². The number of phenols is 1. The van der Waals surface area contributed by atoms with E-state index in [-0.39, 0.29) is 68.0 Å². The van der Waals surface area contributed by atoms with Gasteiger partial charge in [0.25, 0.3) is 35.4 Å². The smallest absolute Gasteiger partial charge is 0.264 e. The quantitative estimate of drug-likeness (QED) is 0.0688. The summed E-state index contributed by atoms with van der Waals surface area (Å²) in [6.45, 7) is 9.09. The van der Waals surface area contributed by atoms with Gasteiger partial charge in [0.05, 0.1) is 100 Å². The van der Waals surface area contributed by atoms with Crippen molar-refractivity contribution in [3.63, 3.8) is 0 Å². The van der Waals surface area contributed by atoms with E-state index in [1.54, 1.807) is 75.4 Å². The summed E-state index contributed by atoms with van der Waals surface area (Å²) in [5.41, 5.74) is 4.45. The first-order chi connectivity index (χ1) is 41.6. The Morgan fingerprint density at radius 1 is 0.427 bits per heavy atom. The standard InChI is InChI=1S/2C21H22N2O6S.C20H20N2O6S/c2*1-12-10-14(8-9-18(12)29-3)17(11-30(4,27)28)23-20(25)15-6-5-7-16(22-13(2)24)19(15)21(23)26;1-11-9-13(7-8-17(11)24)16(10-29(3,27)28)22-19(25)14-5-4-6-15(21-12(2)23)18(14)20(22)26/h2*5-10,17H,11H2,1-4H3,(H,22,24);4-9,16,24H,10H2,1-3H3,(H,21,23)/t2*17-;16-/m000/s1. The zero-order chi connectivity index (χ0) is 65.9. The van der Waals surface area contributed by atoms with Crippen LogP contribution in [0.5, 0.6) is 17.2 Å². The van der Waals surface area contributed by atoms with Crippen LogP contribution in [0.15, 0.2) is 109 Å². The molecule has 3 aliphatic rings. The van der Waals surface area contributed by atoms with Crippen LogP contribution in [-0.2, 0) is 43.9 Å². The summed E-state index contributed by atoms with van der Waals surface area (Å²) in [5, 5.41) is 17.4. The first-order valence-electron chi connectivity index (χ1n) is 27.0. The van der Waals surface area contributed by atoms with Gasteiger partial charge in [0.1, 0.15) is 46.8 Å². The molecular weight excluding hydrogens is 1210 g/mol. The molecule has 27 heteroatoms. The van der Waals surface area contributed by atoms with Gasteiger partial charge < -0.3 is 30.5 Å². The fourth-order valence-electron chi connectivity index (χ4n) is 10.6. The highest BCUT2D eigenvalue weighted by molar-refractivity contribution is 7.91. The highest BCUT2D eigenvalue weighted by Crippen LogP contribution is 2.41. The SMILES string of the molecule is CC(=O)Nc1cccc2c1C(=O)N([C@@H](CS(C)(=O)=O)c1ccc(O)c(C)c1)C2=O.COc1ccc([C@H](CS(C)(=O)=O)N2C(=O)c3cccc(NC(C)=O)c3C2=O)cc1C.COc1ccc([C@H](CS(C)(=O)=O)N2C(=O)c3cccc(NC(C)=O)c3C2=O)cc1C. The fourth-order valence-corrected chi connectivity index (χ4v) is 13.3. The first-order valence-corrected chi connectivity index (χ1v) is 33.2. The number of aryl methyl sites for hydroxylation is 3. The van der Waals surface area contributed by atoms with Crippen LogP contribution in [0.1, 0.15) is 134 Å². The van der Waals surface area contributed by atoms with Crippen LogP contribution >= 0.6 is 0 Å². The molecule has 3 heterocycles. The van der Waals surface area contributed by atoms with Gasteiger partial charge in [0.2, 0.25) is 17.7 Å². The molecule has 89 heavy (non-hydrogen) atoms. The number of carbonyl (C=O) groups is 9. The van der Waals surface area contributed by atoms with Crippen molar-refractivity contribution >= 4 is 99.7 Å². The summed E-state index contributed by atoms with van der Waals surface area (Å²) in [6.07, 6.45) is 3.13. The van der Waals surface area contributed by atoms with E-state index in [2.05, 4.69) is 16.0 Å². The predicted octanol–water partition coefficient (Wildman–Crippen LogP) is 6.73. The molecule has 468 valence electrons. The van der Waals surface area contributed by atoms with E-state index in [0.717, 1.165) is 44.6 Å². The molecule has 3 atom stereocenters. The number of imide groups is 3. The van der Waals surface area contributed by atoms with Crippen LogP contribution in [0.3, 0.4) is 0 Å². The Morgan fingerprint density at radius 2 is 0.697 bits per heavy atom. The number of sulfone groups is 3. The number of benzene rings is 6. The number of aromatic hydroxyl groups is 1. The number of phenolic OH excluding ortho intramolecular Hbond substituents is 1. The molecule has 6 aromatic carbocycles. The number of rotatable bonds is 17. The second-order valence-corrected chi connectivity index (χ2v) is 28.1. The summed E-state index contributed by atoms with van der Waals surface area (Å²) in [5.74, 6) is -5.14. The van der Waals surface area contributed by atoms with E-state index >= 15 is 0 Å². The lowest BCUT2D eigenvalue weighted by Crippen LogP contribution is -2.37. The van der Waals surface area contributed by atoms with E-state index in [1.807, 2.05) is 0 Å². The molecule has 3 aliphatic heterocycles. The summed E-state index contributed by atoms with van der Waals surface area (Å²) < 4.78 is 83.2. The Morgan fingerprint density at radius 3 is 0.933 bits per heavy atom. The molecule has 0 radical (unpaired) electrons. The zero-order valence-electron chi connectivity index (χ0n) is 50.2. The largest absolute Gasteiger partial charge is 0.508 e. The van der Waals surface area contributed by atoms with Crippen LogP contribution in [0, 0.1) is 20.8 Å². The van der Waals surface area contributed by atoms with Gasteiger partial charge >= 0.3 is 0 Å². The third-order valence-corrected chi connectivity index (χ3v) is 17.1. The minimum atomic E-state index is -3.57. The molecule has 9 amide bonds. The van der Waals surface area contributed by atoms with E-state index in [9.17, 15) is 73.5 Å². The number of nitrogens with one attached hydrogen (secondary N) is 3. The van der Waals surface area contributed by atoms with Crippen LogP contribution in [0.2, 0.25) is 0 Å². The molecule has 9 rings (SSSR count). The molecule has 24 nitrogen and oxygen atoms in total. The maximum Gasteiger partial charge on any atom is 0.264 e. The van der Waals surface area contributed by atoms with E-state index in [1.165, 1.54) is 89.6 Å². The summed E-state index contributed by atoms with van der Waals surface area (Å²) >= 11 is 0. The molecule has 0 unspecified atom stereocenters. The number of carbonyl (C=O) groups excluding carboxylic acids is 9. The highest BCUT2D eigenvalue weighted by atomic mass is 32.2. The van der Waals surface area contributed by atoms with E-state index in [4.69, 9.17) is 9.47 Å². The number of methoxy groups -OCH3 is 2. The number of nitrogens with zero attached hydrogens (tertiary/aromatic N) is 3. The van der Waals surface area contributed by atoms with Crippen LogP contribution in [0.4, 0.5) is 17.1 Å². The Bertz CT molecular complexity index is 4140. The maximum absolute atomic E-state index is 13.3. The van der Waals surface area contributed by atoms with Gasteiger partial charge in [0, 0.05) is 39.5 Å². The van der Waals surface area contributed by atoms with Crippen molar-refractivity contribution in [2.75, 3.05) is 66.2 Å². The molecule has 0 spiro atoms. The number of ether oxygens (including phenoxy) is 2. The number of hydrogen-bond donors (Lipinski definition) is 4. The Kier molecular flexibility index (Phi) is 19.8. The lowest BCUT2D eigenvalue weighted by atomic mass is 10.0. The second kappa shape index (κ2) is 26.4. The monoisotopic (exact) mass is 1280 g/mol. The number of hydrogen-bond acceptors (Lipinski definition) is 18. The molecule has 0 fully saturated rings. The van der Waals surface area contributed by atoms with Crippen molar-refractivity contribution in [3.05, 3.63) is 176 Å². The fraction of sp³-hybridized carbons (Fsp3) is 0.274. The Balaban J connectivity index is 0.000000190. The van der Waals surface area contributed by atoms with Crippen LogP contribution in [-0.4, -0.2) is 148 Å². The molecule has 0 bridgehead atoms. The average Bonchev–Trinajstić information content (AvgIpc) is 1.63. The van der Waals surface area contributed by atoms with Gasteiger partial charge in [-0.25, -0.2) is 25.3 Å². The topological polar surface area (TPSA) is 341 Å². The molecule has 4 N–H and O–H groups in total. The van der Waals surface area contributed by atoms with E-state index in [0.29, 0.717) is 33.8 Å². The molecule has 0 saturated heterocycles. The van der Waals surface area contributed by atoms with Gasteiger partial charge in [-0.05, 0) is 109 Å². The summed E-state index contributed by atoms with van der Waals surface area (Å²) in [7, 11) is -7.63. The minimum absolute atomic E-state index is 0.0159. The Labute approximate surface area is 513 Å². The predicted molar refractivity (Wildman–Crippen MR) is 329 cm³/mol. The molecule has 0 aromatic heterocycles. The number of fused-ring (bicyclic) bond motifs is 3. The number of amides is 9. The second-order valence-electron chi connectivity index (χ2n) is 21.5. The third-order valence-electron chi connectivity index (χ3n) is 14.3. The molecule has 0 aliphatic carbocycles. The zero-order valence-corrected chi connectivity index (χ0v) is 52.6. The lowest BCUT2D eigenvalue weighted by molar-refractivity contribution is -0.115. The van der Waals surface area contributed by atoms with Gasteiger partial charge in [-0.2, -0.15) is 0 Å². The van der Waals surface area contributed by atoms with E-state index < -0.39 is 106 Å². The first kappa shape index (κ1) is 66.9. The van der Waals surface area contributed by atoms with Gasteiger partial charge in [-0.3, -0.25) is 57.9 Å². The van der Waals surface area contributed by atoms with Crippen molar-refractivity contribution < 1.29 is 83.0 Å². The summed E-state index contributed by atoms with van der Waals surface area (Å²) in [6, 6.07) is 24.9. The highest BCUT2D eigenvalue weighted by Gasteiger charge is 2.46. The van der Waals surface area contributed by atoms with Gasteiger partial charge in [-0.1, -0.05) is 54.6 Å². The normalized spacial score (nSPS) is 14.5. The lowest BCUT2D eigenvalue weighted by Gasteiger charge is -2.26.